The third-order valence-corrected chi connectivity index (χ3v) is 6.20. The van der Waals surface area contributed by atoms with Gasteiger partial charge in [0.1, 0.15) is 22.2 Å². The van der Waals surface area contributed by atoms with Crippen molar-refractivity contribution in [1.29, 1.82) is 0 Å². The fourth-order valence-electron chi connectivity index (χ4n) is 4.19. The molecule has 37 heavy (non-hydrogen) atoms. The van der Waals surface area contributed by atoms with Crippen LogP contribution in [0.25, 0.3) is 33.8 Å². The van der Waals surface area contributed by atoms with Gasteiger partial charge >= 0.3 is 5.76 Å². The quantitative estimate of drug-likeness (QED) is 0.285. The Kier molecular flexibility index (Phi) is 6.16. The number of nitrogens with one attached hydrogen (secondary N) is 2. The molecule has 4 aromatic heterocycles. The van der Waals surface area contributed by atoms with Gasteiger partial charge in [-0.05, 0) is 51.5 Å². The second kappa shape index (κ2) is 9.32. The van der Waals surface area contributed by atoms with Gasteiger partial charge in [0.25, 0.3) is 0 Å². The molecule has 2 atom stereocenters. The van der Waals surface area contributed by atoms with E-state index in [9.17, 15) is 14.0 Å². The van der Waals surface area contributed by atoms with Crippen molar-refractivity contribution >= 4 is 28.3 Å². The van der Waals surface area contributed by atoms with Crippen molar-refractivity contribution in [3.63, 3.8) is 0 Å². The lowest BCUT2D eigenvalue weighted by atomic mass is 9.99. The molecule has 0 bridgehead atoms. The zero-order valence-electron chi connectivity index (χ0n) is 20.3. The zero-order chi connectivity index (χ0) is 26.4. The number of H-pyrrole nitrogens is 1. The van der Waals surface area contributed by atoms with Crippen LogP contribution >= 0.6 is 11.6 Å². The van der Waals surface area contributed by atoms with Crippen molar-refractivity contribution in [3.05, 3.63) is 79.3 Å². The predicted molar refractivity (Wildman–Crippen MR) is 136 cm³/mol. The first kappa shape index (κ1) is 24.4. The zero-order valence-corrected chi connectivity index (χ0v) is 21.1. The lowest BCUT2D eigenvalue weighted by Gasteiger charge is -2.19. The van der Waals surface area contributed by atoms with Crippen molar-refractivity contribution in [2.75, 3.05) is 5.32 Å². The number of aryl methyl sites for hydroxylation is 1. The first-order valence-electron chi connectivity index (χ1n) is 11.4. The minimum absolute atomic E-state index is 0.111. The molecule has 4 heterocycles. The summed E-state index contributed by atoms with van der Waals surface area (Å²) in [6.45, 7) is 6.81. The summed E-state index contributed by atoms with van der Waals surface area (Å²) in [4.78, 5) is 31.6. The van der Waals surface area contributed by atoms with Gasteiger partial charge in [-0.3, -0.25) is 14.3 Å². The van der Waals surface area contributed by atoms with E-state index >= 15 is 0 Å². The smallest absolute Gasteiger partial charge is 0.439 e. The van der Waals surface area contributed by atoms with Gasteiger partial charge in [-0.2, -0.15) is 5.10 Å². The molecule has 190 valence electrons. The van der Waals surface area contributed by atoms with Crippen LogP contribution in [0.5, 0.6) is 0 Å². The number of alkyl halides is 1. The number of aromatic nitrogens is 5. The second-order valence-corrected chi connectivity index (χ2v) is 9.13. The van der Waals surface area contributed by atoms with E-state index < -0.39 is 18.1 Å². The fraction of sp³-hybridized carbons (Fsp3) is 0.240. The third kappa shape index (κ3) is 4.53. The largest absolute Gasteiger partial charge is 0.455 e. The lowest BCUT2D eigenvalue weighted by Crippen LogP contribution is -2.13. The summed E-state index contributed by atoms with van der Waals surface area (Å²) in [5.74, 6) is -0.300. The monoisotopic (exact) mass is 524 g/mol. The van der Waals surface area contributed by atoms with Gasteiger partial charge in [-0.15, -0.1) is 0 Å². The molecule has 5 rings (SSSR count). The first-order chi connectivity index (χ1) is 17.6. The minimum Gasteiger partial charge on any atom is -0.455 e. The molecule has 0 saturated carbocycles. The van der Waals surface area contributed by atoms with Crippen LogP contribution in [0.3, 0.4) is 0 Å². The van der Waals surface area contributed by atoms with Crippen molar-refractivity contribution in [3.8, 4) is 22.8 Å². The Labute approximate surface area is 214 Å². The van der Waals surface area contributed by atoms with E-state index in [0.29, 0.717) is 39.1 Å². The lowest BCUT2D eigenvalue weighted by molar-refractivity contribution is 0.245. The standard InChI is InChI=1S/C25H22ClFN6O4/c1-11-7-16(13(3)29-18-5-6-19(26)30-20(18)24-31-25(35)37-32-24)23-17(8-11)21(34)12(2)22(36-23)15-9-28-33(10-15)14(4)27/h5-10,13-14,29H,1-4H3,(H,31,32,35)/t13-,14?/m1/s1. The van der Waals surface area contributed by atoms with Crippen LogP contribution in [0.2, 0.25) is 5.15 Å². The predicted octanol–water partition coefficient (Wildman–Crippen LogP) is 5.33. The minimum atomic E-state index is -1.33. The highest BCUT2D eigenvalue weighted by atomic mass is 35.5. The highest BCUT2D eigenvalue weighted by Gasteiger charge is 2.22. The molecule has 0 amide bonds. The SMILES string of the molecule is Cc1cc([C@@H](C)Nc2ccc(Cl)nc2-c2noc(=O)[nH]2)c2oc(-c3cnn(C(C)F)c3)c(C)c(=O)c2c1. The number of fused-ring (bicyclic) bond motifs is 1. The molecule has 0 aliphatic carbocycles. The average molecular weight is 525 g/mol. The number of anilines is 1. The maximum Gasteiger partial charge on any atom is 0.439 e. The Morgan fingerprint density at radius 3 is 2.65 bits per heavy atom. The number of nitrogens with zero attached hydrogens (tertiary/aromatic N) is 4. The van der Waals surface area contributed by atoms with Crippen LogP contribution < -0.4 is 16.5 Å². The number of pyridine rings is 1. The molecule has 0 saturated heterocycles. The Balaban J connectivity index is 1.63. The molecule has 12 heteroatoms. The Hall–Kier alpha value is -4.25. The molecule has 2 N–H and O–H groups in total. The first-order valence-corrected chi connectivity index (χ1v) is 11.8. The highest BCUT2D eigenvalue weighted by molar-refractivity contribution is 6.29. The van der Waals surface area contributed by atoms with E-state index in [4.69, 9.17) is 16.0 Å². The number of hydrogen-bond donors (Lipinski definition) is 2. The molecule has 0 radical (unpaired) electrons. The molecule has 0 aliphatic rings. The van der Waals surface area contributed by atoms with Gasteiger partial charge in [0.05, 0.1) is 28.9 Å². The number of aromatic amines is 1. The fourth-order valence-corrected chi connectivity index (χ4v) is 4.34. The molecular weight excluding hydrogens is 503 g/mol. The van der Waals surface area contributed by atoms with E-state index in [2.05, 4.69) is 30.1 Å². The van der Waals surface area contributed by atoms with Gasteiger partial charge < -0.3 is 9.73 Å². The van der Waals surface area contributed by atoms with E-state index in [-0.39, 0.29) is 22.1 Å². The van der Waals surface area contributed by atoms with E-state index in [0.717, 1.165) is 10.2 Å². The maximum absolute atomic E-state index is 13.8. The summed E-state index contributed by atoms with van der Waals surface area (Å²) >= 11 is 6.09. The van der Waals surface area contributed by atoms with Gasteiger partial charge in [-0.1, -0.05) is 22.8 Å². The number of rotatable bonds is 6. The van der Waals surface area contributed by atoms with Crippen LogP contribution in [0.1, 0.15) is 42.9 Å². The molecular formula is C25H22ClFN6O4. The van der Waals surface area contributed by atoms with Gasteiger partial charge in [0, 0.05) is 17.3 Å². The Morgan fingerprint density at radius 1 is 1.19 bits per heavy atom. The normalized spacial score (nSPS) is 13.1. The van der Waals surface area contributed by atoms with Crippen molar-refractivity contribution in [2.24, 2.45) is 0 Å². The van der Waals surface area contributed by atoms with Crippen molar-refractivity contribution < 1.29 is 13.3 Å². The summed E-state index contributed by atoms with van der Waals surface area (Å²) in [6, 6.07) is 6.59. The Morgan fingerprint density at radius 2 is 1.97 bits per heavy atom. The van der Waals surface area contributed by atoms with Crippen LogP contribution in [-0.4, -0.2) is 24.9 Å². The average Bonchev–Trinajstić information content (AvgIpc) is 3.52. The number of hydrogen-bond acceptors (Lipinski definition) is 8. The van der Waals surface area contributed by atoms with Crippen LogP contribution in [0.4, 0.5) is 10.1 Å². The molecule has 0 aliphatic heterocycles. The molecule has 5 aromatic rings. The molecule has 1 aromatic carbocycles. The molecule has 0 spiro atoms. The summed E-state index contributed by atoms with van der Waals surface area (Å²) in [6.07, 6.45) is 1.64. The van der Waals surface area contributed by atoms with E-state index in [1.165, 1.54) is 19.3 Å². The number of benzene rings is 1. The van der Waals surface area contributed by atoms with Crippen LogP contribution in [-0.2, 0) is 0 Å². The van der Waals surface area contributed by atoms with Crippen LogP contribution in [0.15, 0.2) is 55.2 Å². The van der Waals surface area contributed by atoms with Crippen molar-refractivity contribution in [1.82, 2.24) is 24.9 Å². The summed E-state index contributed by atoms with van der Waals surface area (Å²) < 4.78 is 25.8. The summed E-state index contributed by atoms with van der Waals surface area (Å²) in [5.41, 5.74) is 3.46. The van der Waals surface area contributed by atoms with Crippen LogP contribution in [0, 0.1) is 13.8 Å². The Bertz CT molecular complexity index is 1750. The highest BCUT2D eigenvalue weighted by Crippen LogP contribution is 2.34. The molecule has 10 nitrogen and oxygen atoms in total. The number of halogens is 2. The van der Waals surface area contributed by atoms with E-state index in [1.54, 1.807) is 25.1 Å². The maximum atomic E-state index is 13.8. The topological polar surface area (TPSA) is 132 Å². The van der Waals surface area contributed by atoms with E-state index in [1.807, 2.05) is 19.9 Å². The molecule has 0 fully saturated rings. The van der Waals surface area contributed by atoms with Gasteiger partial charge in [0.2, 0.25) is 5.82 Å². The third-order valence-electron chi connectivity index (χ3n) is 5.98. The van der Waals surface area contributed by atoms with Crippen molar-refractivity contribution in [2.45, 2.75) is 40.0 Å². The summed E-state index contributed by atoms with van der Waals surface area (Å²) in [5, 5.41) is 11.7. The second-order valence-electron chi connectivity index (χ2n) is 8.74. The summed E-state index contributed by atoms with van der Waals surface area (Å²) in [7, 11) is 0. The molecule has 1 unspecified atom stereocenters. The van der Waals surface area contributed by atoms with Gasteiger partial charge in [0.15, 0.2) is 11.7 Å². The van der Waals surface area contributed by atoms with Gasteiger partial charge in [-0.25, -0.2) is 18.9 Å².